The standard InChI is InChI=1S/C65H98N6O21/c1-19-44-36(2)46(71-60(80)92-65(16,17)18)49(85-53(75)39-28-24-21-25-29-39)55(84-44)87-47-42(68-51(73)45(32-33-66-56(76)88-61(4,5)6)83-52(74)38-26-22-20-23-27-38)34-43(70-59(79)91-64(13,14)15)48(50(47)81-37(3)72)86-54-41(69-58(78)90-63(10,11)12)31-30-40(82-54)35-67-57(77)89-62(7,8)9/h20-29,36,40-50,54-55H,19,30-35H2,1-18H3,(H,66,76)(H,67,77)(H,68,73)(H,69,78)(H,70,79)(H,71,80)/t36-,40?,41?,42+,43-,44?,45-,46-,47+,48?,49?,50?,54-,55-/m0/s1. The van der Waals surface area contributed by atoms with Gasteiger partial charge in [-0.25, -0.2) is 33.6 Å². The van der Waals surface area contributed by atoms with E-state index in [0.29, 0.717) is 6.42 Å². The summed E-state index contributed by atoms with van der Waals surface area (Å²) in [5.41, 5.74) is -4.63. The van der Waals surface area contributed by atoms with Gasteiger partial charge in [0.15, 0.2) is 30.9 Å². The molecule has 5 rings (SSSR count). The van der Waals surface area contributed by atoms with E-state index in [1.807, 2.05) is 6.92 Å². The first kappa shape index (κ1) is 75.2. The summed E-state index contributed by atoms with van der Waals surface area (Å²) in [5.74, 6) is -4.34. The molecule has 2 aromatic rings. The fourth-order valence-corrected chi connectivity index (χ4v) is 10.3. The molecule has 2 heterocycles. The maximum absolute atomic E-state index is 15.3. The lowest BCUT2D eigenvalue weighted by Crippen LogP contribution is -2.70. The largest absolute Gasteiger partial charge is 0.457 e. The van der Waals surface area contributed by atoms with Gasteiger partial charge in [-0.3, -0.25) is 9.59 Å². The van der Waals surface area contributed by atoms with Crippen LogP contribution in [-0.4, -0.2) is 175 Å². The lowest BCUT2D eigenvalue weighted by Gasteiger charge is -2.51. The van der Waals surface area contributed by atoms with E-state index < -0.39 is 174 Å². The van der Waals surface area contributed by atoms with E-state index >= 15 is 4.79 Å². The molecule has 1 aliphatic carbocycles. The van der Waals surface area contributed by atoms with Crippen LogP contribution in [0.15, 0.2) is 60.7 Å². The highest BCUT2D eigenvalue weighted by Crippen LogP contribution is 2.38. The van der Waals surface area contributed by atoms with Crippen molar-refractivity contribution in [1.82, 2.24) is 31.9 Å². The number of rotatable bonds is 20. The zero-order valence-corrected chi connectivity index (χ0v) is 56.4. The Kier molecular flexibility index (Phi) is 26.5. The van der Waals surface area contributed by atoms with Gasteiger partial charge in [-0.05, 0) is 154 Å². The highest BCUT2D eigenvalue weighted by molar-refractivity contribution is 5.92. The van der Waals surface area contributed by atoms with Gasteiger partial charge in [0.2, 0.25) is 0 Å². The van der Waals surface area contributed by atoms with Crippen LogP contribution in [0, 0.1) is 5.92 Å². The Bertz CT molecular complexity index is 2810. The molecule has 0 spiro atoms. The molecule has 3 aliphatic rings. The predicted octanol–water partition coefficient (Wildman–Crippen LogP) is 8.42. The molecule has 27 heteroatoms. The molecule has 0 aromatic heterocycles. The third-order valence-corrected chi connectivity index (χ3v) is 13.9. The molecule has 14 atom stereocenters. The van der Waals surface area contributed by atoms with Crippen LogP contribution in [0.5, 0.6) is 0 Å². The quantitative estimate of drug-likeness (QED) is 0.0535. The van der Waals surface area contributed by atoms with Crippen molar-refractivity contribution >= 4 is 54.3 Å². The summed E-state index contributed by atoms with van der Waals surface area (Å²) in [5, 5.41) is 16.8. The van der Waals surface area contributed by atoms with Crippen LogP contribution < -0.4 is 31.9 Å². The molecule has 92 heavy (non-hydrogen) atoms. The van der Waals surface area contributed by atoms with E-state index in [1.54, 1.807) is 147 Å². The van der Waals surface area contributed by atoms with Crippen LogP contribution >= 0.6 is 0 Å². The maximum Gasteiger partial charge on any atom is 0.408 e. The summed E-state index contributed by atoms with van der Waals surface area (Å²) < 4.78 is 74.2. The Morgan fingerprint density at radius 2 is 0.967 bits per heavy atom. The number of carbonyl (C=O) groups excluding carboxylic acids is 9. The number of hydrogen-bond donors (Lipinski definition) is 6. The normalized spacial score (nSPS) is 25.6. The molecule has 514 valence electrons. The number of alkyl carbamates (subject to hydrolysis) is 5. The topological polar surface area (TPSA) is 337 Å². The first-order chi connectivity index (χ1) is 42.7. The fourth-order valence-electron chi connectivity index (χ4n) is 10.3. The van der Waals surface area contributed by atoms with E-state index in [9.17, 15) is 38.4 Å². The molecule has 6 N–H and O–H groups in total. The lowest BCUT2D eigenvalue weighted by molar-refractivity contribution is -0.309. The van der Waals surface area contributed by atoms with Crippen molar-refractivity contribution < 1.29 is 100.0 Å². The van der Waals surface area contributed by atoms with Crippen LogP contribution in [-0.2, 0) is 66.4 Å². The predicted molar refractivity (Wildman–Crippen MR) is 332 cm³/mol. The van der Waals surface area contributed by atoms with Crippen LogP contribution in [0.3, 0.4) is 0 Å². The van der Waals surface area contributed by atoms with E-state index in [2.05, 4.69) is 31.9 Å². The highest BCUT2D eigenvalue weighted by Gasteiger charge is 2.56. The minimum atomic E-state index is -1.80. The van der Waals surface area contributed by atoms with Crippen LogP contribution in [0.1, 0.15) is 177 Å². The zero-order valence-electron chi connectivity index (χ0n) is 56.4. The summed E-state index contributed by atoms with van der Waals surface area (Å²) in [6.45, 7) is 29.3. The third-order valence-electron chi connectivity index (χ3n) is 13.9. The van der Waals surface area contributed by atoms with Gasteiger partial charge >= 0.3 is 48.4 Å². The van der Waals surface area contributed by atoms with Gasteiger partial charge in [-0.15, -0.1) is 0 Å². The average Bonchev–Trinajstić information content (AvgIpc) is 0.769. The first-order valence-corrected chi connectivity index (χ1v) is 31.2. The summed E-state index contributed by atoms with van der Waals surface area (Å²) in [6.07, 6.45) is -17.7. The Balaban J connectivity index is 1.75. The molecule has 27 nitrogen and oxygen atoms in total. The molecular weight excluding hydrogens is 1200 g/mol. The van der Waals surface area contributed by atoms with Gasteiger partial charge in [-0.2, -0.15) is 0 Å². The number of hydrogen-bond acceptors (Lipinski definition) is 21. The maximum atomic E-state index is 15.3. The van der Waals surface area contributed by atoms with Crippen molar-refractivity contribution in [3.05, 3.63) is 71.8 Å². The molecule has 6 amide bonds. The minimum absolute atomic E-state index is 0.0767. The average molecular weight is 1300 g/mol. The molecule has 6 unspecified atom stereocenters. The van der Waals surface area contributed by atoms with Crippen molar-refractivity contribution in [3.63, 3.8) is 0 Å². The Morgan fingerprint density at radius 1 is 0.511 bits per heavy atom. The molecular formula is C65H98N6O21. The van der Waals surface area contributed by atoms with Crippen LogP contribution in [0.4, 0.5) is 24.0 Å². The molecule has 1 saturated carbocycles. The molecule has 3 fully saturated rings. The van der Waals surface area contributed by atoms with Gasteiger partial charge in [0, 0.05) is 32.4 Å². The summed E-state index contributed by atoms with van der Waals surface area (Å²) >= 11 is 0. The smallest absolute Gasteiger partial charge is 0.408 e. The fraction of sp³-hybridized carbons (Fsp3) is 0.677. The Morgan fingerprint density at radius 3 is 1.47 bits per heavy atom. The molecule has 2 aromatic carbocycles. The van der Waals surface area contributed by atoms with Crippen LogP contribution in [0.25, 0.3) is 0 Å². The van der Waals surface area contributed by atoms with E-state index in [0.717, 1.165) is 6.92 Å². The number of carbonyl (C=O) groups is 9. The summed E-state index contributed by atoms with van der Waals surface area (Å²) in [4.78, 5) is 125. The van der Waals surface area contributed by atoms with Gasteiger partial charge in [-0.1, -0.05) is 50.2 Å². The number of nitrogens with one attached hydrogen (secondary N) is 6. The van der Waals surface area contributed by atoms with Crippen molar-refractivity contribution in [1.29, 1.82) is 0 Å². The van der Waals surface area contributed by atoms with Crippen molar-refractivity contribution in [3.8, 4) is 0 Å². The first-order valence-electron chi connectivity index (χ1n) is 31.2. The van der Waals surface area contributed by atoms with Crippen LogP contribution in [0.2, 0.25) is 0 Å². The van der Waals surface area contributed by atoms with Gasteiger partial charge < -0.3 is 88.7 Å². The number of amides is 6. The second-order valence-corrected chi connectivity index (χ2v) is 27.9. The van der Waals surface area contributed by atoms with Gasteiger partial charge in [0.25, 0.3) is 5.91 Å². The second-order valence-electron chi connectivity index (χ2n) is 27.9. The molecule has 0 bridgehead atoms. The Labute approximate surface area is 539 Å². The van der Waals surface area contributed by atoms with Crippen molar-refractivity contribution in [2.75, 3.05) is 13.1 Å². The SMILES string of the molecule is CCC1O[C@@H](O[C@H]2C(OC(C)=O)C(O[C@@H]3OC(CNC(=O)OC(C)(C)C)CCC3NC(=O)OC(C)(C)C)[C@@H](NC(=O)OC(C)(C)C)C[C@H]2NC(=O)[C@H](CCNC(=O)OC(C)(C)C)OC(=O)c2ccccc2)C(OC(=O)c2ccccc2)[C@@H](NC(=O)OC(C)(C)C)[C@H]1C. The molecule has 0 radical (unpaired) electrons. The lowest BCUT2D eigenvalue weighted by atomic mass is 9.82. The van der Waals surface area contributed by atoms with Crippen molar-refractivity contribution in [2.24, 2.45) is 5.92 Å². The Hall–Kier alpha value is -7.49. The highest BCUT2D eigenvalue weighted by atomic mass is 16.7. The van der Waals surface area contributed by atoms with E-state index in [-0.39, 0.29) is 43.5 Å². The summed E-state index contributed by atoms with van der Waals surface area (Å²) in [7, 11) is 0. The zero-order chi connectivity index (χ0) is 68.7. The van der Waals surface area contributed by atoms with E-state index in [1.165, 1.54) is 24.3 Å². The summed E-state index contributed by atoms with van der Waals surface area (Å²) in [6, 6.07) is 10.7. The van der Waals surface area contributed by atoms with Gasteiger partial charge in [0.05, 0.1) is 47.5 Å². The molecule has 2 saturated heterocycles. The molecule has 2 aliphatic heterocycles. The minimum Gasteiger partial charge on any atom is -0.457 e. The number of benzene rings is 2. The third kappa shape index (κ3) is 25.2. The second kappa shape index (κ2) is 32.4. The monoisotopic (exact) mass is 1300 g/mol. The van der Waals surface area contributed by atoms with Crippen molar-refractivity contribution in [2.45, 2.75) is 264 Å². The van der Waals surface area contributed by atoms with E-state index in [4.69, 9.17) is 56.8 Å². The number of ether oxygens (including phenoxy) is 12. The number of esters is 3. The van der Waals surface area contributed by atoms with Gasteiger partial charge in [0.1, 0.15) is 40.2 Å².